The summed E-state index contributed by atoms with van der Waals surface area (Å²) in [6.45, 7) is 8.64. The van der Waals surface area contributed by atoms with Crippen LogP contribution in [0.15, 0.2) is 40.9 Å². The van der Waals surface area contributed by atoms with Crippen molar-refractivity contribution in [1.82, 2.24) is 0 Å². The molecular formula is C23H27BrO2. The molecule has 0 N–H and O–H groups in total. The third-order valence-electron chi connectivity index (χ3n) is 7.04. The quantitative estimate of drug-likeness (QED) is 0.549. The van der Waals surface area contributed by atoms with Gasteiger partial charge in [0.1, 0.15) is 5.60 Å². The van der Waals surface area contributed by atoms with Gasteiger partial charge in [-0.15, -0.1) is 0 Å². The average Bonchev–Trinajstić information content (AvgIpc) is 3.14. The van der Waals surface area contributed by atoms with Crippen molar-refractivity contribution in [1.29, 1.82) is 0 Å². The molecule has 5 atom stereocenters. The minimum atomic E-state index is -0.656. The average molecular weight is 415 g/mol. The molecule has 0 radical (unpaired) electrons. The summed E-state index contributed by atoms with van der Waals surface area (Å²) in [5.41, 5.74) is 0.366. The summed E-state index contributed by atoms with van der Waals surface area (Å²) in [7, 11) is 0. The lowest BCUT2D eigenvalue weighted by Crippen LogP contribution is -2.35. The molecule has 3 heteroatoms. The van der Waals surface area contributed by atoms with Crippen molar-refractivity contribution in [3.8, 4) is 0 Å². The second kappa shape index (κ2) is 6.37. The molecule has 26 heavy (non-hydrogen) atoms. The predicted octanol–water partition coefficient (Wildman–Crippen LogP) is 6.31. The monoisotopic (exact) mass is 414 g/mol. The number of fused-ring (bicyclic) bond motifs is 3. The highest BCUT2D eigenvalue weighted by Crippen LogP contribution is 2.55. The summed E-state index contributed by atoms with van der Waals surface area (Å²) < 4.78 is 7.09. The minimum Gasteiger partial charge on any atom is -0.455 e. The van der Waals surface area contributed by atoms with Crippen LogP contribution in [-0.2, 0) is 15.1 Å². The van der Waals surface area contributed by atoms with Gasteiger partial charge in [0.15, 0.2) is 0 Å². The first-order valence-electron chi connectivity index (χ1n) is 9.69. The SMILES string of the molecule is CC1C2CC(C(=O)OC(C)(C)c3cc4ccccc4cc3Br)C(C2)C1C. The van der Waals surface area contributed by atoms with Crippen molar-refractivity contribution in [2.45, 2.75) is 46.1 Å². The normalized spacial score (nSPS) is 30.7. The number of hydrogen-bond donors (Lipinski definition) is 0. The molecule has 5 unspecified atom stereocenters. The lowest BCUT2D eigenvalue weighted by Gasteiger charge is -2.34. The van der Waals surface area contributed by atoms with E-state index in [2.05, 4.69) is 54.0 Å². The van der Waals surface area contributed by atoms with Crippen molar-refractivity contribution < 1.29 is 9.53 Å². The van der Waals surface area contributed by atoms with E-state index in [0.717, 1.165) is 27.8 Å². The van der Waals surface area contributed by atoms with Gasteiger partial charge in [-0.05, 0) is 73.3 Å². The van der Waals surface area contributed by atoms with E-state index in [0.29, 0.717) is 17.8 Å². The molecule has 2 bridgehead atoms. The molecule has 4 rings (SSSR count). The lowest BCUT2D eigenvalue weighted by molar-refractivity contribution is -0.165. The summed E-state index contributed by atoms with van der Waals surface area (Å²) in [6, 6.07) is 12.5. The van der Waals surface area contributed by atoms with E-state index < -0.39 is 5.60 Å². The van der Waals surface area contributed by atoms with Crippen LogP contribution in [0.2, 0.25) is 0 Å². The highest BCUT2D eigenvalue weighted by atomic mass is 79.9. The second-order valence-electron chi connectivity index (χ2n) is 8.83. The number of ether oxygens (including phenoxy) is 1. The minimum absolute atomic E-state index is 0.0127. The van der Waals surface area contributed by atoms with E-state index in [4.69, 9.17) is 4.74 Å². The van der Waals surface area contributed by atoms with Crippen molar-refractivity contribution >= 4 is 32.7 Å². The number of halogens is 1. The van der Waals surface area contributed by atoms with Crippen LogP contribution in [-0.4, -0.2) is 5.97 Å². The van der Waals surface area contributed by atoms with Gasteiger partial charge < -0.3 is 4.74 Å². The maximum atomic E-state index is 13.0. The Bertz CT molecular complexity index is 854. The van der Waals surface area contributed by atoms with Crippen LogP contribution in [0, 0.1) is 29.6 Å². The van der Waals surface area contributed by atoms with Crippen LogP contribution < -0.4 is 0 Å². The highest BCUT2D eigenvalue weighted by molar-refractivity contribution is 9.10. The third kappa shape index (κ3) is 2.89. The summed E-state index contributed by atoms with van der Waals surface area (Å²) in [4.78, 5) is 13.0. The van der Waals surface area contributed by atoms with Crippen LogP contribution in [0.3, 0.4) is 0 Å². The molecule has 2 fully saturated rings. The van der Waals surface area contributed by atoms with Crippen LogP contribution in [0.25, 0.3) is 10.8 Å². The molecule has 2 aromatic carbocycles. The maximum Gasteiger partial charge on any atom is 0.310 e. The van der Waals surface area contributed by atoms with Crippen LogP contribution in [0.4, 0.5) is 0 Å². The molecule has 0 heterocycles. The summed E-state index contributed by atoms with van der Waals surface area (Å²) in [5, 5.41) is 2.35. The molecule has 2 nitrogen and oxygen atoms in total. The Morgan fingerprint density at radius 1 is 1.08 bits per heavy atom. The number of esters is 1. The van der Waals surface area contributed by atoms with Gasteiger partial charge in [0.2, 0.25) is 0 Å². The number of rotatable bonds is 3. The fraction of sp³-hybridized carbons (Fsp3) is 0.522. The smallest absolute Gasteiger partial charge is 0.310 e. The maximum absolute atomic E-state index is 13.0. The van der Waals surface area contributed by atoms with E-state index in [-0.39, 0.29) is 11.9 Å². The topological polar surface area (TPSA) is 26.3 Å². The van der Waals surface area contributed by atoms with E-state index in [1.54, 1.807) is 0 Å². The van der Waals surface area contributed by atoms with Crippen LogP contribution in [0.5, 0.6) is 0 Å². The van der Waals surface area contributed by atoms with Crippen LogP contribution in [0.1, 0.15) is 46.1 Å². The zero-order valence-electron chi connectivity index (χ0n) is 16.0. The molecule has 0 amide bonds. The van der Waals surface area contributed by atoms with E-state index >= 15 is 0 Å². The van der Waals surface area contributed by atoms with Gasteiger partial charge in [0.25, 0.3) is 0 Å². The third-order valence-corrected chi connectivity index (χ3v) is 7.70. The Hall–Kier alpha value is -1.35. The first-order chi connectivity index (χ1) is 12.3. The Labute approximate surface area is 164 Å². The van der Waals surface area contributed by atoms with Crippen molar-refractivity contribution in [2.24, 2.45) is 29.6 Å². The molecule has 0 aromatic heterocycles. The summed E-state index contributed by atoms with van der Waals surface area (Å²) in [6.07, 6.45) is 2.20. The summed E-state index contributed by atoms with van der Waals surface area (Å²) >= 11 is 3.69. The molecule has 2 aliphatic carbocycles. The summed E-state index contributed by atoms with van der Waals surface area (Å²) in [5.74, 6) is 2.63. The molecule has 2 aromatic rings. The standard InChI is InChI=1S/C23H27BrO2/c1-13-14(2)18-9-17(13)10-19(18)22(25)26-23(3,4)20-11-15-7-5-6-8-16(15)12-21(20)24/h5-8,11-14,17-19H,9-10H2,1-4H3. The Morgan fingerprint density at radius 2 is 1.73 bits per heavy atom. The Morgan fingerprint density at radius 3 is 2.35 bits per heavy atom. The fourth-order valence-electron chi connectivity index (χ4n) is 5.27. The number of carbonyl (C=O) groups is 1. The molecule has 2 aliphatic rings. The molecule has 0 aliphatic heterocycles. The molecular weight excluding hydrogens is 388 g/mol. The number of carbonyl (C=O) groups excluding carboxylic acids is 1. The zero-order chi connectivity index (χ0) is 18.6. The Kier molecular flexibility index (Phi) is 4.42. The first kappa shape index (κ1) is 18.0. The highest BCUT2D eigenvalue weighted by Gasteiger charge is 2.52. The zero-order valence-corrected chi connectivity index (χ0v) is 17.5. The predicted molar refractivity (Wildman–Crippen MR) is 109 cm³/mol. The van der Waals surface area contributed by atoms with Gasteiger partial charge in [-0.3, -0.25) is 4.79 Å². The lowest BCUT2D eigenvalue weighted by atomic mass is 9.75. The van der Waals surface area contributed by atoms with Gasteiger partial charge >= 0.3 is 5.97 Å². The van der Waals surface area contributed by atoms with Crippen LogP contribution >= 0.6 is 15.9 Å². The fourth-order valence-corrected chi connectivity index (χ4v) is 6.11. The van der Waals surface area contributed by atoms with Gasteiger partial charge in [0.05, 0.1) is 5.92 Å². The second-order valence-corrected chi connectivity index (χ2v) is 9.69. The number of hydrogen-bond acceptors (Lipinski definition) is 2. The molecule has 2 saturated carbocycles. The largest absolute Gasteiger partial charge is 0.455 e. The number of benzene rings is 2. The van der Waals surface area contributed by atoms with Crippen molar-refractivity contribution in [3.63, 3.8) is 0 Å². The molecule has 0 saturated heterocycles. The Balaban J connectivity index is 1.58. The van der Waals surface area contributed by atoms with Gasteiger partial charge in [-0.1, -0.05) is 54.0 Å². The van der Waals surface area contributed by atoms with Gasteiger partial charge in [0, 0.05) is 10.0 Å². The van der Waals surface area contributed by atoms with Gasteiger partial charge in [-0.25, -0.2) is 0 Å². The van der Waals surface area contributed by atoms with Crippen molar-refractivity contribution in [2.75, 3.05) is 0 Å². The van der Waals surface area contributed by atoms with Gasteiger partial charge in [-0.2, -0.15) is 0 Å². The van der Waals surface area contributed by atoms with E-state index in [9.17, 15) is 4.79 Å². The first-order valence-corrected chi connectivity index (χ1v) is 10.5. The van der Waals surface area contributed by atoms with E-state index in [1.807, 2.05) is 26.0 Å². The molecule has 138 valence electrons. The molecule has 0 spiro atoms. The van der Waals surface area contributed by atoms with Crippen molar-refractivity contribution in [3.05, 3.63) is 46.4 Å². The van der Waals surface area contributed by atoms with E-state index in [1.165, 1.54) is 11.8 Å².